The Morgan fingerprint density at radius 3 is 2.65 bits per heavy atom. The van der Waals surface area contributed by atoms with E-state index in [0.29, 0.717) is 6.54 Å². The maximum atomic E-state index is 12.0. The Labute approximate surface area is 135 Å². The van der Waals surface area contributed by atoms with Gasteiger partial charge in [-0.1, -0.05) is 34.5 Å². The molecule has 112 valence electrons. The Kier molecular flexibility index (Phi) is 7.56. The number of rotatable bonds is 4. The summed E-state index contributed by atoms with van der Waals surface area (Å²) in [5, 5.41) is 3.03. The van der Waals surface area contributed by atoms with Crippen LogP contribution in [-0.2, 0) is 11.2 Å². The van der Waals surface area contributed by atoms with Gasteiger partial charge < -0.3 is 11.1 Å². The molecule has 1 aromatic carbocycles. The number of carbonyl (C=O) groups is 1. The van der Waals surface area contributed by atoms with Crippen LogP contribution in [0.15, 0.2) is 28.7 Å². The van der Waals surface area contributed by atoms with Crippen LogP contribution in [0, 0.1) is 5.92 Å². The van der Waals surface area contributed by atoms with Crippen LogP contribution in [0.4, 0.5) is 0 Å². The van der Waals surface area contributed by atoms with Crippen LogP contribution in [0.3, 0.4) is 0 Å². The van der Waals surface area contributed by atoms with E-state index in [9.17, 15) is 4.79 Å². The molecular weight excluding hydrogens is 340 g/mol. The number of benzene rings is 1. The van der Waals surface area contributed by atoms with Crippen LogP contribution in [0.2, 0.25) is 0 Å². The zero-order valence-corrected chi connectivity index (χ0v) is 13.9. The zero-order valence-electron chi connectivity index (χ0n) is 11.5. The summed E-state index contributed by atoms with van der Waals surface area (Å²) < 4.78 is 1.08. The van der Waals surface area contributed by atoms with Crippen molar-refractivity contribution in [1.29, 1.82) is 0 Å². The van der Waals surface area contributed by atoms with Crippen LogP contribution < -0.4 is 11.1 Å². The summed E-state index contributed by atoms with van der Waals surface area (Å²) in [5.41, 5.74) is 7.15. The van der Waals surface area contributed by atoms with Gasteiger partial charge in [0.1, 0.15) is 0 Å². The molecule has 1 aliphatic carbocycles. The van der Waals surface area contributed by atoms with Gasteiger partial charge in [-0.2, -0.15) is 0 Å². The maximum absolute atomic E-state index is 12.0. The molecule has 0 aliphatic heterocycles. The first-order chi connectivity index (χ1) is 9.15. The van der Waals surface area contributed by atoms with Gasteiger partial charge in [-0.25, -0.2) is 0 Å². The molecule has 2 atom stereocenters. The standard InChI is InChI=1S/C15H21BrN2O.ClH/c16-13-6-4-11(5-7-13)8-9-18-15(19)12-2-1-3-14(17)10-12;/h4-7,12,14H,1-3,8-10,17H2,(H,18,19);1H. The van der Waals surface area contributed by atoms with Gasteiger partial charge in [-0.3, -0.25) is 4.79 Å². The average molecular weight is 362 g/mol. The van der Waals surface area contributed by atoms with Crippen LogP contribution in [0.5, 0.6) is 0 Å². The number of carbonyl (C=O) groups excluding carboxylic acids is 1. The molecule has 0 aromatic heterocycles. The number of amides is 1. The van der Waals surface area contributed by atoms with Gasteiger partial charge in [0.05, 0.1) is 0 Å². The quantitative estimate of drug-likeness (QED) is 0.866. The Morgan fingerprint density at radius 1 is 1.30 bits per heavy atom. The predicted molar refractivity (Wildman–Crippen MR) is 88.0 cm³/mol. The first-order valence-electron chi connectivity index (χ1n) is 6.93. The second kappa shape index (κ2) is 8.65. The molecule has 0 bridgehead atoms. The van der Waals surface area contributed by atoms with E-state index in [1.165, 1.54) is 5.56 Å². The number of halogens is 2. The summed E-state index contributed by atoms with van der Waals surface area (Å²) in [5.74, 6) is 0.293. The minimum atomic E-state index is 0. The van der Waals surface area contributed by atoms with Gasteiger partial charge in [0.2, 0.25) is 5.91 Å². The predicted octanol–water partition coefficient (Wildman–Crippen LogP) is 3.05. The van der Waals surface area contributed by atoms with Crippen molar-refractivity contribution in [2.45, 2.75) is 38.1 Å². The van der Waals surface area contributed by atoms with E-state index in [2.05, 4.69) is 33.4 Å². The average Bonchev–Trinajstić information content (AvgIpc) is 2.41. The highest BCUT2D eigenvalue weighted by Gasteiger charge is 2.24. The second-order valence-electron chi connectivity index (χ2n) is 5.29. The molecule has 3 N–H and O–H groups in total. The highest BCUT2D eigenvalue weighted by Crippen LogP contribution is 2.23. The van der Waals surface area contributed by atoms with Gasteiger partial charge in [0, 0.05) is 23.0 Å². The number of nitrogens with one attached hydrogen (secondary N) is 1. The highest BCUT2D eigenvalue weighted by atomic mass is 79.9. The Morgan fingerprint density at radius 2 is 2.00 bits per heavy atom. The number of hydrogen-bond donors (Lipinski definition) is 2. The summed E-state index contributed by atoms with van der Waals surface area (Å²) in [6, 6.07) is 8.41. The van der Waals surface area contributed by atoms with Gasteiger partial charge in [0.25, 0.3) is 0 Å². The summed E-state index contributed by atoms with van der Waals surface area (Å²) >= 11 is 3.41. The monoisotopic (exact) mass is 360 g/mol. The molecule has 2 unspecified atom stereocenters. The lowest BCUT2D eigenvalue weighted by Gasteiger charge is -2.25. The topological polar surface area (TPSA) is 55.1 Å². The molecular formula is C15H22BrClN2O. The van der Waals surface area contributed by atoms with E-state index in [1.54, 1.807) is 0 Å². The lowest BCUT2D eigenvalue weighted by Crippen LogP contribution is -2.38. The largest absolute Gasteiger partial charge is 0.356 e. The molecule has 1 aromatic rings. The Balaban J connectivity index is 0.00000200. The van der Waals surface area contributed by atoms with Crippen molar-refractivity contribution in [1.82, 2.24) is 5.32 Å². The molecule has 1 amide bonds. The molecule has 0 saturated heterocycles. The minimum absolute atomic E-state index is 0. The van der Waals surface area contributed by atoms with Crippen LogP contribution in [0.25, 0.3) is 0 Å². The number of nitrogens with two attached hydrogens (primary N) is 1. The number of hydrogen-bond acceptors (Lipinski definition) is 2. The van der Waals surface area contributed by atoms with Crippen LogP contribution in [-0.4, -0.2) is 18.5 Å². The lowest BCUT2D eigenvalue weighted by molar-refractivity contribution is -0.126. The normalized spacial score (nSPS) is 21.9. The third-order valence-corrected chi connectivity index (χ3v) is 4.24. The van der Waals surface area contributed by atoms with Crippen molar-refractivity contribution in [3.63, 3.8) is 0 Å². The van der Waals surface area contributed by atoms with Gasteiger partial charge in [0.15, 0.2) is 0 Å². The van der Waals surface area contributed by atoms with Crippen molar-refractivity contribution in [2.75, 3.05) is 6.54 Å². The van der Waals surface area contributed by atoms with E-state index in [-0.39, 0.29) is 30.3 Å². The molecule has 0 spiro atoms. The molecule has 5 heteroatoms. The fourth-order valence-electron chi connectivity index (χ4n) is 2.59. The Bertz CT molecular complexity index is 424. The third kappa shape index (κ3) is 5.43. The maximum Gasteiger partial charge on any atom is 0.223 e. The molecule has 1 saturated carbocycles. The molecule has 1 fully saturated rings. The molecule has 0 heterocycles. The van der Waals surface area contributed by atoms with Crippen molar-refractivity contribution >= 4 is 34.2 Å². The van der Waals surface area contributed by atoms with Crippen LogP contribution >= 0.6 is 28.3 Å². The van der Waals surface area contributed by atoms with Crippen molar-refractivity contribution in [2.24, 2.45) is 11.7 Å². The summed E-state index contributed by atoms with van der Waals surface area (Å²) in [6.07, 6.45) is 4.83. The Hall–Kier alpha value is -0.580. The van der Waals surface area contributed by atoms with Crippen molar-refractivity contribution in [3.05, 3.63) is 34.3 Å². The smallest absolute Gasteiger partial charge is 0.223 e. The van der Waals surface area contributed by atoms with E-state index in [4.69, 9.17) is 5.73 Å². The van der Waals surface area contributed by atoms with Gasteiger partial charge in [-0.15, -0.1) is 12.4 Å². The lowest BCUT2D eigenvalue weighted by atomic mass is 9.85. The highest BCUT2D eigenvalue weighted by molar-refractivity contribution is 9.10. The minimum Gasteiger partial charge on any atom is -0.356 e. The van der Waals surface area contributed by atoms with E-state index < -0.39 is 0 Å². The van der Waals surface area contributed by atoms with Crippen LogP contribution in [0.1, 0.15) is 31.2 Å². The van der Waals surface area contributed by atoms with Gasteiger partial charge >= 0.3 is 0 Å². The van der Waals surface area contributed by atoms with Crippen molar-refractivity contribution in [3.8, 4) is 0 Å². The summed E-state index contributed by atoms with van der Waals surface area (Å²) in [6.45, 7) is 0.701. The molecule has 1 aliphatic rings. The summed E-state index contributed by atoms with van der Waals surface area (Å²) in [7, 11) is 0. The molecule has 2 rings (SSSR count). The third-order valence-electron chi connectivity index (χ3n) is 3.71. The first kappa shape index (κ1) is 17.5. The van der Waals surface area contributed by atoms with E-state index >= 15 is 0 Å². The summed E-state index contributed by atoms with van der Waals surface area (Å²) in [4.78, 5) is 12.0. The van der Waals surface area contributed by atoms with E-state index in [1.807, 2.05) is 12.1 Å². The molecule has 0 radical (unpaired) electrons. The van der Waals surface area contributed by atoms with Crippen molar-refractivity contribution < 1.29 is 4.79 Å². The molecule has 20 heavy (non-hydrogen) atoms. The fraction of sp³-hybridized carbons (Fsp3) is 0.533. The van der Waals surface area contributed by atoms with E-state index in [0.717, 1.165) is 36.6 Å². The SMILES string of the molecule is Cl.NC1CCCC(C(=O)NCCc2ccc(Br)cc2)C1. The van der Waals surface area contributed by atoms with Gasteiger partial charge in [-0.05, 0) is 43.4 Å². The zero-order chi connectivity index (χ0) is 13.7. The first-order valence-corrected chi connectivity index (χ1v) is 7.72. The second-order valence-corrected chi connectivity index (χ2v) is 6.21. The fourth-order valence-corrected chi connectivity index (χ4v) is 2.86. The molecule has 3 nitrogen and oxygen atoms in total.